The molecule has 0 bridgehead atoms. The largest absolute Gasteiger partial charge is 0.504 e. The molecule has 28 heavy (non-hydrogen) atoms. The summed E-state index contributed by atoms with van der Waals surface area (Å²) in [7, 11) is 1.51. The Hall–Kier alpha value is -3.52. The molecule has 5 N–H and O–H groups in total. The number of amides is 1. The van der Waals surface area contributed by atoms with E-state index in [1.165, 1.54) is 29.7 Å². The SMILES string of the molecule is CN(C(=O)c1cc2nc(C3=CCNCC3)ccc2[nH]1)c1cc(O)c(O)c(O)c1. The number of phenols is 3. The van der Waals surface area contributed by atoms with E-state index in [-0.39, 0.29) is 11.6 Å². The zero-order chi connectivity index (χ0) is 19.8. The highest BCUT2D eigenvalue weighted by Crippen LogP contribution is 2.38. The lowest BCUT2D eigenvalue weighted by Gasteiger charge is -2.17. The lowest BCUT2D eigenvalue weighted by molar-refractivity contribution is 0.0989. The zero-order valence-electron chi connectivity index (χ0n) is 15.2. The van der Waals surface area contributed by atoms with E-state index in [0.29, 0.717) is 11.2 Å². The van der Waals surface area contributed by atoms with Crippen LogP contribution in [-0.4, -0.2) is 51.3 Å². The second-order valence-corrected chi connectivity index (χ2v) is 6.69. The summed E-state index contributed by atoms with van der Waals surface area (Å²) in [4.78, 5) is 21.8. The Balaban J connectivity index is 1.65. The number of nitrogens with one attached hydrogen (secondary N) is 2. The van der Waals surface area contributed by atoms with Gasteiger partial charge in [0.25, 0.3) is 5.91 Å². The first-order chi connectivity index (χ1) is 13.4. The number of H-pyrrole nitrogens is 1. The molecule has 8 nitrogen and oxygen atoms in total. The Morgan fingerprint density at radius 2 is 1.89 bits per heavy atom. The van der Waals surface area contributed by atoms with Crippen LogP contribution in [0.15, 0.2) is 36.4 Å². The highest BCUT2D eigenvalue weighted by molar-refractivity contribution is 6.07. The van der Waals surface area contributed by atoms with Crippen LogP contribution in [0.5, 0.6) is 17.2 Å². The molecular formula is C20H20N4O4. The van der Waals surface area contributed by atoms with Crippen molar-refractivity contribution in [1.82, 2.24) is 15.3 Å². The van der Waals surface area contributed by atoms with Crippen LogP contribution in [0.25, 0.3) is 16.6 Å². The number of carbonyl (C=O) groups excluding carboxylic acids is 1. The Labute approximate surface area is 160 Å². The number of nitrogens with zero attached hydrogens (tertiary/aromatic N) is 2. The standard InChI is InChI=1S/C20H20N4O4/c1-24(12-8-17(25)19(27)18(26)9-12)20(28)16-10-15-14(23-16)3-2-13(22-15)11-4-6-21-7-5-11/h2-4,8-10,21,23,25-27H,5-7H2,1H3. The number of aromatic hydroxyl groups is 3. The van der Waals surface area contributed by atoms with Gasteiger partial charge in [-0.25, -0.2) is 4.98 Å². The summed E-state index contributed by atoms with van der Waals surface area (Å²) in [5.74, 6) is -2.01. The van der Waals surface area contributed by atoms with Crippen molar-refractivity contribution in [2.45, 2.75) is 6.42 Å². The van der Waals surface area contributed by atoms with E-state index < -0.39 is 17.2 Å². The predicted molar refractivity (Wildman–Crippen MR) is 106 cm³/mol. The summed E-state index contributed by atoms with van der Waals surface area (Å²) >= 11 is 0. The van der Waals surface area contributed by atoms with Gasteiger partial charge in [-0.15, -0.1) is 0 Å². The van der Waals surface area contributed by atoms with Gasteiger partial charge in [-0.05, 0) is 36.7 Å². The molecule has 1 aliphatic heterocycles. The number of carbonyl (C=O) groups is 1. The maximum Gasteiger partial charge on any atom is 0.274 e. The van der Waals surface area contributed by atoms with Crippen LogP contribution >= 0.6 is 0 Å². The smallest absolute Gasteiger partial charge is 0.274 e. The lowest BCUT2D eigenvalue weighted by Crippen LogP contribution is -2.26. The summed E-state index contributed by atoms with van der Waals surface area (Å²) in [6, 6.07) is 7.92. The monoisotopic (exact) mass is 380 g/mol. The van der Waals surface area contributed by atoms with Crippen molar-refractivity contribution >= 4 is 28.2 Å². The van der Waals surface area contributed by atoms with Gasteiger partial charge in [0.05, 0.1) is 22.4 Å². The molecule has 144 valence electrons. The van der Waals surface area contributed by atoms with Gasteiger partial charge >= 0.3 is 0 Å². The first-order valence-electron chi connectivity index (χ1n) is 8.87. The minimum atomic E-state index is -0.626. The van der Waals surface area contributed by atoms with E-state index in [9.17, 15) is 20.1 Å². The van der Waals surface area contributed by atoms with Gasteiger partial charge in [0.2, 0.25) is 0 Å². The van der Waals surface area contributed by atoms with Gasteiger partial charge in [-0.3, -0.25) is 4.79 Å². The molecule has 3 heterocycles. The third kappa shape index (κ3) is 3.14. The summed E-state index contributed by atoms with van der Waals surface area (Å²) in [6.45, 7) is 1.74. The molecule has 1 amide bonds. The van der Waals surface area contributed by atoms with Crippen molar-refractivity contribution in [2.24, 2.45) is 0 Å². The lowest BCUT2D eigenvalue weighted by atomic mass is 10.1. The predicted octanol–water partition coefficient (Wildman–Crippen LogP) is 2.33. The number of rotatable bonds is 3. The maximum atomic E-state index is 12.8. The van der Waals surface area contributed by atoms with Gasteiger partial charge in [-0.1, -0.05) is 6.08 Å². The van der Waals surface area contributed by atoms with E-state index in [1.54, 1.807) is 6.07 Å². The number of fused-ring (bicyclic) bond motifs is 1. The second kappa shape index (κ2) is 6.90. The summed E-state index contributed by atoms with van der Waals surface area (Å²) in [5.41, 5.74) is 4.07. The molecule has 1 aromatic carbocycles. The molecule has 0 saturated heterocycles. The third-order valence-corrected chi connectivity index (χ3v) is 4.84. The van der Waals surface area contributed by atoms with Crippen LogP contribution < -0.4 is 10.2 Å². The van der Waals surface area contributed by atoms with Crippen molar-refractivity contribution in [3.63, 3.8) is 0 Å². The topological polar surface area (TPSA) is 122 Å². The molecule has 0 atom stereocenters. The molecule has 0 radical (unpaired) electrons. The van der Waals surface area contributed by atoms with Crippen LogP contribution in [0.1, 0.15) is 22.6 Å². The van der Waals surface area contributed by atoms with Crippen molar-refractivity contribution in [3.05, 3.63) is 47.8 Å². The molecule has 0 spiro atoms. The van der Waals surface area contributed by atoms with Gasteiger partial charge in [0, 0.05) is 25.7 Å². The molecule has 8 heteroatoms. The minimum absolute atomic E-state index is 0.241. The molecule has 0 unspecified atom stereocenters. The Kier molecular flexibility index (Phi) is 4.40. The Bertz CT molecular complexity index is 1080. The van der Waals surface area contributed by atoms with Crippen LogP contribution in [0.4, 0.5) is 5.69 Å². The highest BCUT2D eigenvalue weighted by Gasteiger charge is 2.19. The number of hydrogen-bond acceptors (Lipinski definition) is 6. The van der Waals surface area contributed by atoms with Gasteiger partial charge in [0.1, 0.15) is 5.69 Å². The van der Waals surface area contributed by atoms with Gasteiger partial charge < -0.3 is 30.5 Å². The average molecular weight is 380 g/mol. The fourth-order valence-electron chi connectivity index (χ4n) is 3.24. The van der Waals surface area contributed by atoms with Crippen LogP contribution in [0.3, 0.4) is 0 Å². The van der Waals surface area contributed by atoms with E-state index in [0.717, 1.165) is 30.7 Å². The van der Waals surface area contributed by atoms with E-state index in [4.69, 9.17) is 0 Å². The summed E-state index contributed by atoms with van der Waals surface area (Å²) in [5, 5.41) is 32.1. The average Bonchev–Trinajstić information content (AvgIpc) is 3.14. The summed E-state index contributed by atoms with van der Waals surface area (Å²) in [6.07, 6.45) is 3.03. The zero-order valence-corrected chi connectivity index (χ0v) is 15.2. The molecular weight excluding hydrogens is 360 g/mol. The van der Waals surface area contributed by atoms with Crippen molar-refractivity contribution in [3.8, 4) is 17.2 Å². The van der Waals surface area contributed by atoms with E-state index in [2.05, 4.69) is 21.4 Å². The molecule has 0 aliphatic carbocycles. The summed E-state index contributed by atoms with van der Waals surface area (Å²) < 4.78 is 0. The normalized spacial score (nSPS) is 14.1. The fraction of sp³-hybridized carbons (Fsp3) is 0.200. The maximum absolute atomic E-state index is 12.8. The third-order valence-electron chi connectivity index (χ3n) is 4.84. The number of hydrogen-bond donors (Lipinski definition) is 5. The number of aromatic amines is 1. The highest BCUT2D eigenvalue weighted by atomic mass is 16.3. The fourth-order valence-corrected chi connectivity index (χ4v) is 3.24. The van der Waals surface area contributed by atoms with Gasteiger partial charge in [0.15, 0.2) is 17.2 Å². The first kappa shape index (κ1) is 17.9. The minimum Gasteiger partial charge on any atom is -0.504 e. The molecule has 4 rings (SSSR count). The van der Waals surface area contributed by atoms with Crippen LogP contribution in [0, 0.1) is 0 Å². The quantitative estimate of drug-likeness (QED) is 0.445. The van der Waals surface area contributed by atoms with E-state index >= 15 is 0 Å². The number of pyridine rings is 1. The molecule has 3 aromatic rings. The number of aromatic nitrogens is 2. The van der Waals surface area contributed by atoms with Crippen molar-refractivity contribution < 1.29 is 20.1 Å². The number of benzene rings is 1. The number of phenolic OH excluding ortho intramolecular Hbond substituents is 3. The van der Waals surface area contributed by atoms with Crippen molar-refractivity contribution in [2.75, 3.05) is 25.0 Å². The molecule has 2 aromatic heterocycles. The number of anilines is 1. The van der Waals surface area contributed by atoms with Crippen LogP contribution in [-0.2, 0) is 0 Å². The second-order valence-electron chi connectivity index (χ2n) is 6.69. The molecule has 1 aliphatic rings. The van der Waals surface area contributed by atoms with E-state index in [1.807, 2.05) is 12.1 Å². The first-order valence-corrected chi connectivity index (χ1v) is 8.87. The van der Waals surface area contributed by atoms with Gasteiger partial charge in [-0.2, -0.15) is 0 Å². The Morgan fingerprint density at radius 3 is 2.57 bits per heavy atom. The molecule has 0 saturated carbocycles. The van der Waals surface area contributed by atoms with Crippen LogP contribution in [0.2, 0.25) is 0 Å². The Morgan fingerprint density at radius 1 is 1.14 bits per heavy atom. The molecule has 0 fully saturated rings. The van der Waals surface area contributed by atoms with Crippen molar-refractivity contribution in [1.29, 1.82) is 0 Å².